The van der Waals surface area contributed by atoms with Crippen molar-refractivity contribution in [2.45, 2.75) is 25.9 Å². The van der Waals surface area contributed by atoms with Gasteiger partial charge in [0.1, 0.15) is 0 Å². The molecule has 0 spiro atoms. The second-order valence-corrected chi connectivity index (χ2v) is 5.99. The first-order chi connectivity index (χ1) is 11.1. The van der Waals surface area contributed by atoms with Gasteiger partial charge in [-0.1, -0.05) is 0 Å². The lowest BCUT2D eigenvalue weighted by Gasteiger charge is -2.28. The number of anilines is 2. The van der Waals surface area contributed by atoms with Crippen LogP contribution in [-0.4, -0.2) is 44.3 Å². The van der Waals surface area contributed by atoms with Gasteiger partial charge in [0.2, 0.25) is 0 Å². The number of ether oxygens (including phenoxy) is 2. The van der Waals surface area contributed by atoms with E-state index in [1.54, 1.807) is 6.92 Å². The van der Waals surface area contributed by atoms with E-state index >= 15 is 0 Å². The Balaban J connectivity index is 1.52. The van der Waals surface area contributed by atoms with Crippen molar-refractivity contribution in [3.05, 3.63) is 24.3 Å². The predicted octanol–water partition coefficient (Wildman–Crippen LogP) is 1.80. The van der Waals surface area contributed by atoms with Gasteiger partial charge in [0.05, 0.1) is 19.1 Å². The number of carbonyl (C=O) groups excluding carboxylic acids is 2. The average molecular weight is 318 g/mol. The zero-order chi connectivity index (χ0) is 16.2. The van der Waals surface area contributed by atoms with E-state index in [1.807, 2.05) is 24.3 Å². The van der Waals surface area contributed by atoms with E-state index in [2.05, 4.69) is 10.2 Å². The van der Waals surface area contributed by atoms with E-state index in [0.29, 0.717) is 5.69 Å². The molecule has 1 aliphatic heterocycles. The minimum Gasteiger partial charge on any atom is -0.452 e. The molecule has 1 aliphatic carbocycles. The molecule has 124 valence electrons. The molecule has 1 saturated carbocycles. The second kappa shape index (κ2) is 7.00. The highest BCUT2D eigenvalue weighted by atomic mass is 16.5. The summed E-state index contributed by atoms with van der Waals surface area (Å²) < 4.78 is 10.5. The topological polar surface area (TPSA) is 67.9 Å². The lowest BCUT2D eigenvalue weighted by molar-refractivity contribution is -0.154. The Kier molecular flexibility index (Phi) is 4.81. The Bertz CT molecular complexity index is 562. The van der Waals surface area contributed by atoms with Gasteiger partial charge in [-0.15, -0.1) is 0 Å². The van der Waals surface area contributed by atoms with Crippen LogP contribution >= 0.6 is 0 Å². The summed E-state index contributed by atoms with van der Waals surface area (Å²) in [5, 5.41) is 2.78. The number of hydrogen-bond donors (Lipinski definition) is 1. The summed E-state index contributed by atoms with van der Waals surface area (Å²) in [6, 6.07) is 7.67. The highest BCUT2D eigenvalue weighted by molar-refractivity contribution is 5.95. The maximum Gasteiger partial charge on any atom is 0.309 e. The molecule has 2 aliphatic rings. The number of nitrogens with zero attached hydrogens (tertiary/aromatic N) is 1. The highest BCUT2D eigenvalue weighted by Gasteiger charge is 2.33. The maximum absolute atomic E-state index is 12.1. The zero-order valence-corrected chi connectivity index (χ0v) is 13.3. The predicted molar refractivity (Wildman–Crippen MR) is 86.4 cm³/mol. The van der Waals surface area contributed by atoms with Crippen LogP contribution in [-0.2, 0) is 19.1 Å². The normalized spacial score (nSPS) is 19.1. The number of morpholine rings is 1. The fraction of sp³-hybridized carbons (Fsp3) is 0.529. The summed E-state index contributed by atoms with van der Waals surface area (Å²) in [6.45, 7) is 4.82. The molecule has 6 nitrogen and oxygen atoms in total. The van der Waals surface area contributed by atoms with Gasteiger partial charge in [0.25, 0.3) is 5.91 Å². The molecular weight excluding hydrogens is 296 g/mol. The number of carbonyl (C=O) groups is 2. The highest BCUT2D eigenvalue weighted by Crippen LogP contribution is 2.30. The molecule has 0 radical (unpaired) electrons. The molecule has 1 aromatic carbocycles. The summed E-state index contributed by atoms with van der Waals surface area (Å²) in [7, 11) is 0. The zero-order valence-electron chi connectivity index (χ0n) is 13.3. The first kappa shape index (κ1) is 15.8. The van der Waals surface area contributed by atoms with Crippen LogP contribution in [0.3, 0.4) is 0 Å². The maximum atomic E-state index is 12.1. The van der Waals surface area contributed by atoms with Crippen LogP contribution in [0.2, 0.25) is 0 Å². The van der Waals surface area contributed by atoms with E-state index in [4.69, 9.17) is 9.47 Å². The van der Waals surface area contributed by atoms with E-state index in [1.165, 1.54) is 0 Å². The molecule has 1 N–H and O–H groups in total. The molecule has 1 heterocycles. The first-order valence-corrected chi connectivity index (χ1v) is 8.07. The lowest BCUT2D eigenvalue weighted by Crippen LogP contribution is -2.36. The molecule has 0 bridgehead atoms. The van der Waals surface area contributed by atoms with Gasteiger partial charge in [0, 0.05) is 24.5 Å². The fourth-order valence-electron chi connectivity index (χ4n) is 2.46. The van der Waals surface area contributed by atoms with Gasteiger partial charge in [-0.05, 0) is 44.0 Å². The number of amides is 1. The fourth-order valence-corrected chi connectivity index (χ4v) is 2.46. The monoisotopic (exact) mass is 318 g/mol. The third-order valence-corrected chi connectivity index (χ3v) is 4.08. The molecule has 1 aromatic rings. The molecule has 1 amide bonds. The van der Waals surface area contributed by atoms with Crippen molar-refractivity contribution < 1.29 is 19.1 Å². The number of rotatable bonds is 5. The van der Waals surface area contributed by atoms with Crippen LogP contribution in [0, 0.1) is 5.92 Å². The summed E-state index contributed by atoms with van der Waals surface area (Å²) in [5.74, 6) is -0.577. The molecular formula is C17H22N2O4. The molecule has 23 heavy (non-hydrogen) atoms. The Morgan fingerprint density at radius 3 is 2.48 bits per heavy atom. The Morgan fingerprint density at radius 2 is 1.87 bits per heavy atom. The number of nitrogens with one attached hydrogen (secondary N) is 1. The molecule has 2 fully saturated rings. The van der Waals surface area contributed by atoms with Crippen LogP contribution in [0.4, 0.5) is 11.4 Å². The first-order valence-electron chi connectivity index (χ1n) is 8.07. The van der Waals surface area contributed by atoms with Crippen LogP contribution in [0.5, 0.6) is 0 Å². The van der Waals surface area contributed by atoms with E-state index in [9.17, 15) is 9.59 Å². The number of esters is 1. The quantitative estimate of drug-likeness (QED) is 0.839. The standard InChI is InChI=1S/C17H22N2O4/c1-12(23-17(21)13-2-3-13)16(20)18-14-4-6-15(7-5-14)19-8-10-22-11-9-19/h4-7,12-13H,2-3,8-11H2,1H3,(H,18,20)/t12-/m0/s1. The summed E-state index contributed by atoms with van der Waals surface area (Å²) >= 11 is 0. The van der Waals surface area contributed by atoms with Crippen LogP contribution in [0.25, 0.3) is 0 Å². The SMILES string of the molecule is C[C@H](OC(=O)C1CC1)C(=O)Nc1ccc(N2CCOCC2)cc1. The van der Waals surface area contributed by atoms with Crippen molar-refractivity contribution in [2.24, 2.45) is 5.92 Å². The van der Waals surface area contributed by atoms with Crippen LogP contribution < -0.4 is 10.2 Å². The smallest absolute Gasteiger partial charge is 0.309 e. The summed E-state index contributed by atoms with van der Waals surface area (Å²) in [6.07, 6.45) is 0.967. The van der Waals surface area contributed by atoms with Crippen LogP contribution in [0.1, 0.15) is 19.8 Å². The van der Waals surface area contributed by atoms with Crippen molar-refractivity contribution in [3.8, 4) is 0 Å². The number of hydrogen-bond acceptors (Lipinski definition) is 5. The van der Waals surface area contributed by atoms with Gasteiger partial charge in [-0.25, -0.2) is 0 Å². The molecule has 0 aromatic heterocycles. The largest absolute Gasteiger partial charge is 0.452 e. The third-order valence-electron chi connectivity index (χ3n) is 4.08. The Morgan fingerprint density at radius 1 is 1.22 bits per heavy atom. The van der Waals surface area contributed by atoms with Crippen molar-refractivity contribution in [1.29, 1.82) is 0 Å². The summed E-state index contributed by atoms with van der Waals surface area (Å²) in [5.41, 5.74) is 1.81. The molecule has 1 saturated heterocycles. The third kappa shape index (κ3) is 4.22. The second-order valence-electron chi connectivity index (χ2n) is 5.99. The molecule has 0 unspecified atom stereocenters. The van der Waals surface area contributed by atoms with Crippen molar-refractivity contribution in [3.63, 3.8) is 0 Å². The van der Waals surface area contributed by atoms with Crippen molar-refractivity contribution >= 4 is 23.3 Å². The average Bonchev–Trinajstić information content (AvgIpc) is 3.41. The van der Waals surface area contributed by atoms with Crippen molar-refractivity contribution in [1.82, 2.24) is 0 Å². The van der Waals surface area contributed by atoms with Gasteiger partial charge in [-0.3, -0.25) is 9.59 Å². The summed E-state index contributed by atoms with van der Waals surface area (Å²) in [4.78, 5) is 25.9. The Hall–Kier alpha value is -2.08. The van der Waals surface area contributed by atoms with Crippen LogP contribution in [0.15, 0.2) is 24.3 Å². The van der Waals surface area contributed by atoms with E-state index in [-0.39, 0.29) is 17.8 Å². The van der Waals surface area contributed by atoms with Gasteiger partial charge in [-0.2, -0.15) is 0 Å². The van der Waals surface area contributed by atoms with Gasteiger partial charge >= 0.3 is 5.97 Å². The number of benzene rings is 1. The molecule has 3 rings (SSSR count). The minimum atomic E-state index is -0.776. The van der Waals surface area contributed by atoms with E-state index in [0.717, 1.165) is 44.8 Å². The van der Waals surface area contributed by atoms with Crippen molar-refractivity contribution in [2.75, 3.05) is 36.5 Å². The lowest BCUT2D eigenvalue weighted by atomic mass is 10.2. The minimum absolute atomic E-state index is 0.00180. The Labute approximate surface area is 135 Å². The van der Waals surface area contributed by atoms with Gasteiger partial charge < -0.3 is 19.7 Å². The van der Waals surface area contributed by atoms with E-state index < -0.39 is 6.10 Å². The molecule has 6 heteroatoms. The van der Waals surface area contributed by atoms with Gasteiger partial charge in [0.15, 0.2) is 6.10 Å². The molecule has 1 atom stereocenters.